The first-order valence-electron chi connectivity index (χ1n) is 7.50. The SMILES string of the molecule is Cc1ccc(-n2ncc3c2ncn2c(-c4cccs4)nnc32)cc1. The molecule has 0 saturated heterocycles. The zero-order valence-electron chi connectivity index (χ0n) is 12.8. The van der Waals surface area contributed by atoms with E-state index in [1.807, 2.05) is 38.7 Å². The van der Waals surface area contributed by atoms with Crippen molar-refractivity contribution in [3.63, 3.8) is 0 Å². The molecule has 0 radical (unpaired) electrons. The second kappa shape index (κ2) is 4.97. The third-order valence-electron chi connectivity index (χ3n) is 4.00. The van der Waals surface area contributed by atoms with E-state index in [0.29, 0.717) is 0 Å². The highest BCUT2D eigenvalue weighted by Gasteiger charge is 2.15. The van der Waals surface area contributed by atoms with E-state index in [4.69, 9.17) is 0 Å². The van der Waals surface area contributed by atoms with Crippen LogP contribution in [0.15, 0.2) is 54.3 Å². The average Bonchev–Trinajstić information content (AvgIpc) is 3.33. The molecule has 0 amide bonds. The van der Waals surface area contributed by atoms with E-state index in [1.165, 1.54) is 5.56 Å². The summed E-state index contributed by atoms with van der Waals surface area (Å²) in [5.41, 5.74) is 3.73. The van der Waals surface area contributed by atoms with Gasteiger partial charge in [-0.2, -0.15) is 5.10 Å². The molecule has 7 heteroatoms. The molecule has 0 atom stereocenters. The Morgan fingerprint density at radius 2 is 1.88 bits per heavy atom. The van der Waals surface area contributed by atoms with Gasteiger partial charge in [0.15, 0.2) is 17.1 Å². The maximum absolute atomic E-state index is 4.60. The Bertz CT molecular complexity index is 1150. The van der Waals surface area contributed by atoms with E-state index in [0.717, 1.165) is 33.1 Å². The highest BCUT2D eigenvalue weighted by Crippen LogP contribution is 2.26. The summed E-state index contributed by atoms with van der Waals surface area (Å²) >= 11 is 1.63. The van der Waals surface area contributed by atoms with E-state index in [1.54, 1.807) is 23.9 Å². The molecular weight excluding hydrogens is 320 g/mol. The average molecular weight is 332 g/mol. The highest BCUT2D eigenvalue weighted by atomic mass is 32.1. The van der Waals surface area contributed by atoms with Crippen LogP contribution >= 0.6 is 11.3 Å². The van der Waals surface area contributed by atoms with Gasteiger partial charge in [-0.1, -0.05) is 23.8 Å². The number of rotatable bonds is 2. The summed E-state index contributed by atoms with van der Waals surface area (Å²) in [4.78, 5) is 5.66. The number of benzene rings is 1. The van der Waals surface area contributed by atoms with Gasteiger partial charge in [0.2, 0.25) is 0 Å². The number of hydrogen-bond acceptors (Lipinski definition) is 5. The first kappa shape index (κ1) is 13.4. The molecule has 0 bridgehead atoms. The van der Waals surface area contributed by atoms with Crippen LogP contribution in [0.5, 0.6) is 0 Å². The molecule has 0 saturated carbocycles. The van der Waals surface area contributed by atoms with E-state index in [-0.39, 0.29) is 0 Å². The van der Waals surface area contributed by atoms with Gasteiger partial charge < -0.3 is 0 Å². The van der Waals surface area contributed by atoms with Gasteiger partial charge in [-0.25, -0.2) is 9.67 Å². The van der Waals surface area contributed by atoms with Gasteiger partial charge in [0.05, 0.1) is 22.1 Å². The predicted molar refractivity (Wildman–Crippen MR) is 93.5 cm³/mol. The number of fused-ring (bicyclic) bond motifs is 3. The van der Waals surface area contributed by atoms with Crippen LogP contribution in [0.25, 0.3) is 33.1 Å². The summed E-state index contributed by atoms with van der Waals surface area (Å²) in [6.45, 7) is 2.06. The van der Waals surface area contributed by atoms with Crippen LogP contribution in [-0.2, 0) is 0 Å². The van der Waals surface area contributed by atoms with Crippen LogP contribution in [0.2, 0.25) is 0 Å². The van der Waals surface area contributed by atoms with Crippen LogP contribution < -0.4 is 0 Å². The monoisotopic (exact) mass is 332 g/mol. The summed E-state index contributed by atoms with van der Waals surface area (Å²) in [6.07, 6.45) is 3.56. The Kier molecular flexibility index (Phi) is 2.77. The molecule has 0 aliphatic carbocycles. The lowest BCUT2D eigenvalue weighted by Crippen LogP contribution is -1.98. The topological polar surface area (TPSA) is 60.9 Å². The lowest BCUT2D eigenvalue weighted by Gasteiger charge is -2.03. The van der Waals surface area contributed by atoms with Gasteiger partial charge in [-0.05, 0) is 30.5 Å². The Hall–Kier alpha value is -3.06. The minimum Gasteiger partial charge on any atom is -0.264 e. The predicted octanol–water partition coefficient (Wildman–Crippen LogP) is 3.50. The van der Waals surface area contributed by atoms with E-state index in [9.17, 15) is 0 Å². The molecule has 0 aliphatic heterocycles. The van der Waals surface area contributed by atoms with Gasteiger partial charge >= 0.3 is 0 Å². The van der Waals surface area contributed by atoms with Crippen molar-refractivity contribution in [3.05, 3.63) is 59.9 Å². The van der Waals surface area contributed by atoms with Gasteiger partial charge in [-0.15, -0.1) is 21.5 Å². The van der Waals surface area contributed by atoms with E-state index < -0.39 is 0 Å². The number of hydrogen-bond donors (Lipinski definition) is 0. The third kappa shape index (κ3) is 1.88. The van der Waals surface area contributed by atoms with Crippen molar-refractivity contribution in [2.75, 3.05) is 0 Å². The largest absolute Gasteiger partial charge is 0.264 e. The summed E-state index contributed by atoms with van der Waals surface area (Å²) < 4.78 is 3.74. The fourth-order valence-electron chi connectivity index (χ4n) is 2.77. The van der Waals surface area contributed by atoms with Gasteiger partial charge in [-0.3, -0.25) is 4.40 Å². The smallest absolute Gasteiger partial charge is 0.179 e. The maximum atomic E-state index is 4.60. The van der Waals surface area contributed by atoms with Crippen molar-refractivity contribution in [1.29, 1.82) is 0 Å². The first-order chi connectivity index (χ1) is 11.8. The first-order valence-corrected chi connectivity index (χ1v) is 8.37. The van der Waals surface area contributed by atoms with E-state index >= 15 is 0 Å². The van der Waals surface area contributed by atoms with Gasteiger partial charge in [0.1, 0.15) is 6.33 Å². The van der Waals surface area contributed by atoms with Crippen LogP contribution in [0.1, 0.15) is 5.56 Å². The number of thiophene rings is 1. The fourth-order valence-corrected chi connectivity index (χ4v) is 3.47. The summed E-state index contributed by atoms with van der Waals surface area (Å²) in [5.74, 6) is 0.803. The molecule has 4 heterocycles. The van der Waals surface area contributed by atoms with Crippen molar-refractivity contribution in [2.45, 2.75) is 6.92 Å². The second-order valence-corrected chi connectivity index (χ2v) is 6.52. The molecule has 0 unspecified atom stereocenters. The lowest BCUT2D eigenvalue weighted by molar-refractivity contribution is 0.893. The molecule has 5 rings (SSSR count). The van der Waals surface area contributed by atoms with Crippen molar-refractivity contribution in [3.8, 4) is 16.4 Å². The minimum atomic E-state index is 0.766. The van der Waals surface area contributed by atoms with Crippen molar-refractivity contribution in [2.24, 2.45) is 0 Å². The molecule has 24 heavy (non-hydrogen) atoms. The standard InChI is InChI=1S/C17H12N6S/c1-11-4-6-12(7-5-11)23-15-13(9-19-23)16-20-21-17(22(16)10-18-15)14-3-2-8-24-14/h2-10H,1H3. The molecule has 6 nitrogen and oxygen atoms in total. The summed E-state index contributed by atoms with van der Waals surface area (Å²) in [7, 11) is 0. The zero-order chi connectivity index (χ0) is 16.1. The molecule has 0 fully saturated rings. The minimum absolute atomic E-state index is 0.766. The Balaban J connectivity index is 1.74. The molecule has 0 aliphatic rings. The fraction of sp³-hybridized carbons (Fsp3) is 0.0588. The summed E-state index contributed by atoms with van der Waals surface area (Å²) in [5, 5.41) is 16.1. The van der Waals surface area contributed by atoms with Crippen molar-refractivity contribution < 1.29 is 0 Å². The Morgan fingerprint density at radius 1 is 1.00 bits per heavy atom. The van der Waals surface area contributed by atoms with Gasteiger partial charge in [0.25, 0.3) is 0 Å². The van der Waals surface area contributed by atoms with Crippen LogP contribution in [0.4, 0.5) is 0 Å². The van der Waals surface area contributed by atoms with Crippen LogP contribution in [0.3, 0.4) is 0 Å². The Morgan fingerprint density at radius 3 is 2.67 bits per heavy atom. The maximum Gasteiger partial charge on any atom is 0.179 e. The molecule has 0 spiro atoms. The summed E-state index contributed by atoms with van der Waals surface area (Å²) in [6, 6.07) is 12.2. The van der Waals surface area contributed by atoms with Crippen molar-refractivity contribution >= 4 is 28.0 Å². The lowest BCUT2D eigenvalue weighted by atomic mass is 10.2. The molecule has 5 aromatic rings. The molecule has 4 aromatic heterocycles. The number of nitrogens with zero attached hydrogens (tertiary/aromatic N) is 6. The Labute approximate surface area is 141 Å². The quantitative estimate of drug-likeness (QED) is 0.496. The van der Waals surface area contributed by atoms with Crippen LogP contribution in [0, 0.1) is 6.92 Å². The highest BCUT2D eigenvalue weighted by molar-refractivity contribution is 7.13. The van der Waals surface area contributed by atoms with Crippen molar-refractivity contribution in [1.82, 2.24) is 29.4 Å². The second-order valence-electron chi connectivity index (χ2n) is 5.57. The number of aryl methyl sites for hydroxylation is 1. The zero-order valence-corrected chi connectivity index (χ0v) is 13.6. The number of aromatic nitrogens is 6. The third-order valence-corrected chi connectivity index (χ3v) is 4.86. The van der Waals surface area contributed by atoms with E-state index in [2.05, 4.69) is 39.3 Å². The van der Waals surface area contributed by atoms with Crippen LogP contribution in [-0.4, -0.2) is 29.4 Å². The molecule has 1 aromatic carbocycles. The molecule has 0 N–H and O–H groups in total. The van der Waals surface area contributed by atoms with Gasteiger partial charge in [0, 0.05) is 0 Å². The molecule has 116 valence electrons. The molecular formula is C17H12N6S. The normalized spacial score (nSPS) is 11.5.